The third-order valence-corrected chi connectivity index (χ3v) is 5.21. The summed E-state index contributed by atoms with van der Waals surface area (Å²) in [6.07, 6.45) is 1.38. The number of hydrogen-bond donors (Lipinski definition) is 1. The minimum Gasteiger partial charge on any atom is -0.487 e. The van der Waals surface area contributed by atoms with Crippen LogP contribution in [0.4, 0.5) is 11.4 Å². The average molecular weight is 462 g/mol. The largest absolute Gasteiger partial charge is 0.487 e. The molecule has 0 unspecified atom stereocenters. The van der Waals surface area contributed by atoms with Gasteiger partial charge in [0.15, 0.2) is 0 Å². The van der Waals surface area contributed by atoms with Gasteiger partial charge in [-0.2, -0.15) is 5.26 Å². The Balaban J connectivity index is 1.71. The second kappa shape index (κ2) is 10.4. The fourth-order valence-corrected chi connectivity index (χ4v) is 3.23. The standard InChI is InChI=1S/C25H20ClN3O4/c1-16-6-7-19(10-17(16)2)15-33-24-9-8-18(12-23(24)26)11-20(14-27)25(30)28-21-4-3-5-22(13-21)29(31)32/h3-13H,15H2,1-2H3,(H,28,30)/b20-11+. The van der Waals surface area contributed by atoms with Crippen molar-refractivity contribution in [1.29, 1.82) is 5.26 Å². The van der Waals surface area contributed by atoms with Crippen LogP contribution in [-0.2, 0) is 11.4 Å². The molecule has 166 valence electrons. The number of nitrogens with zero attached hydrogens (tertiary/aromatic N) is 2. The van der Waals surface area contributed by atoms with Gasteiger partial charge in [0.25, 0.3) is 11.6 Å². The van der Waals surface area contributed by atoms with Crippen LogP contribution in [-0.4, -0.2) is 10.8 Å². The van der Waals surface area contributed by atoms with Crippen LogP contribution < -0.4 is 10.1 Å². The first-order chi connectivity index (χ1) is 15.8. The molecular formula is C25H20ClN3O4. The topological polar surface area (TPSA) is 105 Å². The number of nitro groups is 1. The van der Waals surface area contributed by atoms with Gasteiger partial charge < -0.3 is 10.1 Å². The lowest BCUT2D eigenvalue weighted by Gasteiger charge is -2.10. The van der Waals surface area contributed by atoms with E-state index < -0.39 is 10.8 Å². The Morgan fingerprint density at radius 2 is 1.94 bits per heavy atom. The van der Waals surface area contributed by atoms with Crippen LogP contribution in [0.3, 0.4) is 0 Å². The van der Waals surface area contributed by atoms with Crippen LogP contribution >= 0.6 is 11.6 Å². The van der Waals surface area contributed by atoms with Crippen molar-refractivity contribution in [1.82, 2.24) is 0 Å². The Hall–Kier alpha value is -4.15. The van der Waals surface area contributed by atoms with E-state index in [9.17, 15) is 20.2 Å². The molecule has 0 aromatic heterocycles. The molecule has 0 spiro atoms. The van der Waals surface area contributed by atoms with Gasteiger partial charge in [0.05, 0.1) is 9.95 Å². The van der Waals surface area contributed by atoms with Gasteiger partial charge in [-0.1, -0.05) is 41.9 Å². The number of benzene rings is 3. The van der Waals surface area contributed by atoms with E-state index in [-0.39, 0.29) is 16.9 Å². The molecule has 33 heavy (non-hydrogen) atoms. The predicted molar refractivity (Wildman–Crippen MR) is 127 cm³/mol. The zero-order chi connectivity index (χ0) is 24.0. The van der Waals surface area contributed by atoms with Gasteiger partial charge in [-0.05, 0) is 60.4 Å². The lowest BCUT2D eigenvalue weighted by molar-refractivity contribution is -0.384. The maximum atomic E-state index is 12.5. The maximum Gasteiger partial charge on any atom is 0.271 e. The van der Waals surface area contributed by atoms with Gasteiger partial charge >= 0.3 is 0 Å². The molecule has 3 aromatic carbocycles. The van der Waals surface area contributed by atoms with Crippen molar-refractivity contribution in [3.63, 3.8) is 0 Å². The van der Waals surface area contributed by atoms with E-state index in [0.29, 0.717) is 22.9 Å². The number of rotatable bonds is 7. The molecular weight excluding hydrogens is 442 g/mol. The van der Waals surface area contributed by atoms with Gasteiger partial charge in [0, 0.05) is 17.8 Å². The highest BCUT2D eigenvalue weighted by molar-refractivity contribution is 6.32. The summed E-state index contributed by atoms with van der Waals surface area (Å²) in [7, 11) is 0. The summed E-state index contributed by atoms with van der Waals surface area (Å²) in [5, 5.41) is 23.1. The number of anilines is 1. The van der Waals surface area contributed by atoms with Crippen LogP contribution in [0.15, 0.2) is 66.2 Å². The van der Waals surface area contributed by atoms with Gasteiger partial charge in [-0.15, -0.1) is 0 Å². The zero-order valence-corrected chi connectivity index (χ0v) is 18.7. The third kappa shape index (κ3) is 6.19. The van der Waals surface area contributed by atoms with Gasteiger partial charge in [0.2, 0.25) is 0 Å². The highest BCUT2D eigenvalue weighted by atomic mass is 35.5. The van der Waals surface area contributed by atoms with Gasteiger partial charge in [0.1, 0.15) is 24.0 Å². The molecule has 7 nitrogen and oxygen atoms in total. The number of hydrogen-bond acceptors (Lipinski definition) is 5. The maximum absolute atomic E-state index is 12.5. The Bertz CT molecular complexity index is 1300. The number of aryl methyl sites for hydroxylation is 2. The van der Waals surface area contributed by atoms with E-state index >= 15 is 0 Å². The molecule has 8 heteroatoms. The molecule has 3 aromatic rings. The SMILES string of the molecule is Cc1ccc(COc2ccc(/C=C(\C#N)C(=O)Nc3cccc([N+](=O)[O-])c3)cc2Cl)cc1C. The summed E-state index contributed by atoms with van der Waals surface area (Å²) >= 11 is 6.33. The number of amides is 1. The molecule has 0 aliphatic heterocycles. The number of carbonyl (C=O) groups excluding carboxylic acids is 1. The van der Waals surface area contributed by atoms with Crippen molar-refractivity contribution < 1.29 is 14.5 Å². The van der Waals surface area contributed by atoms with Crippen LogP contribution in [0, 0.1) is 35.3 Å². The Labute approximate surface area is 196 Å². The number of ether oxygens (including phenoxy) is 1. The highest BCUT2D eigenvalue weighted by Gasteiger charge is 2.13. The van der Waals surface area contributed by atoms with E-state index in [4.69, 9.17) is 16.3 Å². The fraction of sp³-hybridized carbons (Fsp3) is 0.120. The van der Waals surface area contributed by atoms with Crippen LogP contribution in [0.25, 0.3) is 6.08 Å². The number of nitro benzene ring substituents is 1. The number of non-ortho nitro benzene ring substituents is 1. The molecule has 0 heterocycles. The lowest BCUT2D eigenvalue weighted by atomic mass is 10.1. The smallest absolute Gasteiger partial charge is 0.271 e. The summed E-state index contributed by atoms with van der Waals surface area (Å²) in [5.41, 5.74) is 3.79. The van der Waals surface area contributed by atoms with E-state index in [1.165, 1.54) is 41.5 Å². The quantitative estimate of drug-likeness (QED) is 0.201. The van der Waals surface area contributed by atoms with Crippen molar-refractivity contribution in [3.8, 4) is 11.8 Å². The first-order valence-corrected chi connectivity index (χ1v) is 10.3. The second-order valence-corrected chi connectivity index (χ2v) is 7.74. The predicted octanol–water partition coefficient (Wildman–Crippen LogP) is 5.99. The molecule has 0 bridgehead atoms. The minimum absolute atomic E-state index is 0.168. The van der Waals surface area contributed by atoms with Gasteiger partial charge in [-0.3, -0.25) is 14.9 Å². The van der Waals surface area contributed by atoms with E-state index in [0.717, 1.165) is 5.56 Å². The summed E-state index contributed by atoms with van der Waals surface area (Å²) in [4.78, 5) is 22.8. The number of halogens is 1. The third-order valence-electron chi connectivity index (χ3n) is 4.91. The summed E-state index contributed by atoms with van der Waals surface area (Å²) in [5.74, 6) is -0.212. The summed E-state index contributed by atoms with van der Waals surface area (Å²) < 4.78 is 5.81. The average Bonchev–Trinajstić information content (AvgIpc) is 2.79. The molecule has 0 saturated heterocycles. The van der Waals surface area contributed by atoms with Crippen LogP contribution in [0.1, 0.15) is 22.3 Å². The van der Waals surface area contributed by atoms with Crippen LogP contribution in [0.5, 0.6) is 5.75 Å². The van der Waals surface area contributed by atoms with E-state index in [2.05, 4.69) is 11.4 Å². The van der Waals surface area contributed by atoms with Crippen molar-refractivity contribution in [2.45, 2.75) is 20.5 Å². The number of nitriles is 1. The Morgan fingerprint density at radius 3 is 2.61 bits per heavy atom. The Morgan fingerprint density at radius 1 is 1.15 bits per heavy atom. The van der Waals surface area contributed by atoms with E-state index in [1.54, 1.807) is 18.2 Å². The molecule has 0 radical (unpaired) electrons. The molecule has 0 saturated carbocycles. The summed E-state index contributed by atoms with van der Waals surface area (Å²) in [6, 6.07) is 18.3. The Kier molecular flexibility index (Phi) is 7.44. The van der Waals surface area contributed by atoms with Gasteiger partial charge in [-0.25, -0.2) is 0 Å². The number of nitrogens with one attached hydrogen (secondary N) is 1. The first-order valence-electron chi connectivity index (χ1n) is 9.93. The van der Waals surface area contributed by atoms with Crippen molar-refractivity contribution in [2.24, 2.45) is 0 Å². The fourth-order valence-electron chi connectivity index (χ4n) is 2.99. The van der Waals surface area contributed by atoms with Crippen LogP contribution in [0.2, 0.25) is 5.02 Å². The highest BCUT2D eigenvalue weighted by Crippen LogP contribution is 2.28. The molecule has 3 rings (SSSR count). The van der Waals surface area contributed by atoms with Crippen molar-refractivity contribution in [2.75, 3.05) is 5.32 Å². The van der Waals surface area contributed by atoms with Crippen molar-refractivity contribution in [3.05, 3.63) is 104 Å². The first kappa shape index (κ1) is 23.5. The number of carbonyl (C=O) groups is 1. The monoisotopic (exact) mass is 461 g/mol. The second-order valence-electron chi connectivity index (χ2n) is 7.33. The molecule has 0 aliphatic carbocycles. The zero-order valence-electron chi connectivity index (χ0n) is 18.0. The molecule has 0 atom stereocenters. The lowest BCUT2D eigenvalue weighted by Crippen LogP contribution is -2.13. The van der Waals surface area contributed by atoms with E-state index in [1.807, 2.05) is 32.0 Å². The molecule has 1 amide bonds. The summed E-state index contributed by atoms with van der Waals surface area (Å²) in [6.45, 7) is 4.43. The molecule has 1 N–H and O–H groups in total. The van der Waals surface area contributed by atoms with Crippen molar-refractivity contribution >= 4 is 35.0 Å². The molecule has 0 aliphatic rings. The molecule has 0 fully saturated rings. The normalized spacial score (nSPS) is 10.9. The minimum atomic E-state index is -0.691.